The quantitative estimate of drug-likeness (QED) is 0.713. The summed E-state index contributed by atoms with van der Waals surface area (Å²) in [4.78, 5) is 10.3. The molecule has 110 valence electrons. The highest BCUT2D eigenvalue weighted by atomic mass is 16.5. The number of carboxylic acids is 1. The highest BCUT2D eigenvalue weighted by Gasteiger charge is 2.21. The highest BCUT2D eigenvalue weighted by molar-refractivity contribution is 6.65. The average Bonchev–Trinajstić information content (AvgIpc) is 2.50. The van der Waals surface area contributed by atoms with Gasteiger partial charge in [0.1, 0.15) is 5.75 Å². The summed E-state index contributed by atoms with van der Waals surface area (Å²) in [5.41, 5.74) is 1.38. The monoisotopic (exact) mass is 280 g/mol. The first-order chi connectivity index (χ1) is 9.66. The summed E-state index contributed by atoms with van der Waals surface area (Å²) in [6, 6.07) is 4.92. The van der Waals surface area contributed by atoms with Crippen LogP contribution in [0.15, 0.2) is 23.3 Å². The molecule has 7 heteroatoms. The number of ether oxygens (including phenoxy) is 1. The van der Waals surface area contributed by atoms with Crippen molar-refractivity contribution in [3.05, 3.63) is 23.8 Å². The first kappa shape index (κ1) is 18.0. The van der Waals surface area contributed by atoms with Crippen LogP contribution in [0.3, 0.4) is 0 Å². The van der Waals surface area contributed by atoms with Crippen LogP contribution in [0.2, 0.25) is 0 Å². The van der Waals surface area contributed by atoms with E-state index in [0.717, 1.165) is 5.56 Å². The van der Waals surface area contributed by atoms with Crippen LogP contribution < -0.4 is 15.5 Å². The number of rotatable bonds is 3. The fourth-order valence-electron chi connectivity index (χ4n) is 1.39. The topological polar surface area (TPSA) is 91.2 Å². The van der Waals surface area contributed by atoms with Crippen LogP contribution in [0.25, 0.3) is 0 Å². The number of nitrogens with zero attached hydrogens (tertiary/aromatic N) is 1. The molecule has 0 radical (unpaired) electrons. The number of aliphatic carboxylic acids is 1. The summed E-state index contributed by atoms with van der Waals surface area (Å²) in [6.07, 6.45) is 1.57. The maximum Gasteiger partial charge on any atom is 0.464 e. The summed E-state index contributed by atoms with van der Waals surface area (Å²) in [6.45, 7) is 7.59. The van der Waals surface area contributed by atoms with Crippen LogP contribution in [-0.2, 0) is 4.79 Å². The van der Waals surface area contributed by atoms with E-state index in [1.807, 2.05) is 27.7 Å². The van der Waals surface area contributed by atoms with Crippen LogP contribution in [0.4, 0.5) is 0 Å². The van der Waals surface area contributed by atoms with Crippen LogP contribution in [-0.4, -0.2) is 36.0 Å². The second-order valence-corrected chi connectivity index (χ2v) is 3.26. The van der Waals surface area contributed by atoms with Gasteiger partial charge in [-0.3, -0.25) is 0 Å². The van der Waals surface area contributed by atoms with Crippen LogP contribution in [0.5, 0.6) is 5.75 Å². The lowest BCUT2D eigenvalue weighted by molar-refractivity contribution is -0.139. The van der Waals surface area contributed by atoms with Gasteiger partial charge >= 0.3 is 13.0 Å². The Morgan fingerprint density at radius 2 is 2.00 bits per heavy atom. The van der Waals surface area contributed by atoms with E-state index in [0.29, 0.717) is 11.2 Å². The first-order valence-electron chi connectivity index (χ1n) is 6.62. The van der Waals surface area contributed by atoms with Crippen molar-refractivity contribution in [1.82, 2.24) is 5.34 Å². The van der Waals surface area contributed by atoms with Crippen molar-refractivity contribution in [2.24, 2.45) is 5.10 Å². The van der Waals surface area contributed by atoms with Gasteiger partial charge < -0.3 is 20.2 Å². The lowest BCUT2D eigenvalue weighted by atomic mass is 9.72. The van der Waals surface area contributed by atoms with E-state index in [1.165, 1.54) is 0 Å². The van der Waals surface area contributed by atoms with Crippen LogP contribution >= 0.6 is 0 Å². The summed E-state index contributed by atoms with van der Waals surface area (Å²) in [5, 5.41) is 24.3. The number of carbonyl (C=O) groups is 1. The third kappa shape index (κ3) is 5.32. The molecule has 20 heavy (non-hydrogen) atoms. The SMILES string of the molecule is CC.CC.O=C(O)COc1ccc2c(c1)B(O)NN=C2. The molecule has 0 atom stereocenters. The van der Waals surface area contributed by atoms with Gasteiger partial charge in [-0.1, -0.05) is 33.8 Å². The van der Waals surface area contributed by atoms with Gasteiger partial charge in [0.05, 0.1) is 6.21 Å². The molecule has 1 aliphatic rings. The van der Waals surface area contributed by atoms with Crippen molar-refractivity contribution in [3.8, 4) is 5.75 Å². The predicted octanol–water partition coefficient (Wildman–Crippen LogP) is 0.827. The Hall–Kier alpha value is -2.02. The molecular formula is C13H21BN2O4. The zero-order valence-electron chi connectivity index (χ0n) is 12.3. The number of hydrazone groups is 1. The normalized spacial score (nSPS) is 10.9. The number of hydrogen-bond acceptors (Lipinski definition) is 5. The Balaban J connectivity index is 0.000000829. The molecular weight excluding hydrogens is 259 g/mol. The minimum absolute atomic E-state index is 0.400. The van der Waals surface area contributed by atoms with Crippen molar-refractivity contribution in [2.75, 3.05) is 6.61 Å². The molecule has 1 aliphatic heterocycles. The molecule has 1 heterocycles. The summed E-state index contributed by atoms with van der Waals surface area (Å²) < 4.78 is 5.00. The minimum Gasteiger partial charge on any atom is -0.482 e. The number of benzene rings is 1. The minimum atomic E-state index is -1.04. The van der Waals surface area contributed by atoms with Crippen molar-refractivity contribution >= 4 is 24.7 Å². The van der Waals surface area contributed by atoms with Gasteiger partial charge in [0.15, 0.2) is 6.61 Å². The van der Waals surface area contributed by atoms with Crippen LogP contribution in [0, 0.1) is 0 Å². The Morgan fingerprint density at radius 3 is 2.60 bits per heavy atom. The van der Waals surface area contributed by atoms with E-state index in [1.54, 1.807) is 24.4 Å². The lowest BCUT2D eigenvalue weighted by Crippen LogP contribution is -2.46. The smallest absolute Gasteiger partial charge is 0.464 e. The van der Waals surface area contributed by atoms with E-state index < -0.39 is 19.6 Å². The molecule has 0 unspecified atom stereocenters. The van der Waals surface area contributed by atoms with E-state index in [4.69, 9.17) is 9.84 Å². The van der Waals surface area contributed by atoms with E-state index in [2.05, 4.69) is 10.4 Å². The molecule has 6 nitrogen and oxygen atoms in total. The fraction of sp³-hybridized carbons (Fsp3) is 0.385. The number of hydrogen-bond donors (Lipinski definition) is 3. The predicted molar refractivity (Wildman–Crippen MR) is 80.6 cm³/mol. The molecule has 0 aromatic heterocycles. The highest BCUT2D eigenvalue weighted by Crippen LogP contribution is 2.11. The van der Waals surface area contributed by atoms with E-state index in [9.17, 15) is 9.82 Å². The van der Waals surface area contributed by atoms with Crippen LogP contribution in [0.1, 0.15) is 33.3 Å². The summed E-state index contributed by atoms with van der Waals surface area (Å²) in [7, 11) is -0.895. The zero-order valence-corrected chi connectivity index (χ0v) is 12.3. The van der Waals surface area contributed by atoms with Crippen molar-refractivity contribution < 1.29 is 19.7 Å². The third-order valence-electron chi connectivity index (χ3n) is 2.12. The van der Waals surface area contributed by atoms with E-state index >= 15 is 0 Å². The molecule has 1 aromatic carbocycles. The van der Waals surface area contributed by atoms with Gasteiger partial charge in [0.2, 0.25) is 0 Å². The van der Waals surface area contributed by atoms with Gasteiger partial charge in [-0.2, -0.15) is 5.10 Å². The molecule has 2 rings (SSSR count). The van der Waals surface area contributed by atoms with E-state index in [-0.39, 0.29) is 0 Å². The zero-order chi connectivity index (χ0) is 15.5. The molecule has 0 saturated heterocycles. The lowest BCUT2D eigenvalue weighted by Gasteiger charge is -2.15. The van der Waals surface area contributed by atoms with Gasteiger partial charge in [-0.05, 0) is 23.2 Å². The molecule has 0 fully saturated rings. The Labute approximate surface area is 119 Å². The molecule has 0 bridgehead atoms. The van der Waals surface area contributed by atoms with Crippen molar-refractivity contribution in [1.29, 1.82) is 0 Å². The van der Waals surface area contributed by atoms with Crippen molar-refractivity contribution in [2.45, 2.75) is 27.7 Å². The number of fused-ring (bicyclic) bond motifs is 1. The van der Waals surface area contributed by atoms with Gasteiger partial charge in [0.25, 0.3) is 0 Å². The fourth-order valence-corrected chi connectivity index (χ4v) is 1.39. The van der Waals surface area contributed by atoms with Gasteiger partial charge in [-0.25, -0.2) is 4.79 Å². The molecule has 0 spiro atoms. The van der Waals surface area contributed by atoms with Gasteiger partial charge in [0, 0.05) is 0 Å². The second kappa shape index (κ2) is 9.86. The molecule has 0 saturated carbocycles. The Bertz CT molecular complexity index is 452. The van der Waals surface area contributed by atoms with Crippen molar-refractivity contribution in [3.63, 3.8) is 0 Å². The Morgan fingerprint density at radius 1 is 1.35 bits per heavy atom. The second-order valence-electron chi connectivity index (χ2n) is 3.26. The average molecular weight is 280 g/mol. The summed E-state index contributed by atoms with van der Waals surface area (Å²) in [5.74, 6) is -0.643. The molecule has 0 amide bonds. The molecule has 0 aliphatic carbocycles. The maximum absolute atomic E-state index is 10.3. The molecule has 3 N–H and O–H groups in total. The number of carboxylic acid groups (broad SMARTS) is 1. The molecule has 1 aromatic rings. The van der Waals surface area contributed by atoms with Gasteiger partial charge in [-0.15, -0.1) is 0 Å². The summed E-state index contributed by atoms with van der Waals surface area (Å²) >= 11 is 0. The first-order valence-corrected chi connectivity index (χ1v) is 6.62. The largest absolute Gasteiger partial charge is 0.482 e. The standard InChI is InChI=1S/C9H9BN2O4.2C2H6/c13-9(14)5-16-7-2-1-6-4-11-12-10(15)8(6)3-7;2*1-2/h1-4,12,15H,5H2,(H,13,14);2*1-2H3. The maximum atomic E-state index is 10.3. The third-order valence-corrected chi connectivity index (χ3v) is 2.12. The number of nitrogens with one attached hydrogen (secondary N) is 1. The Kier molecular flexibility index (Phi) is 8.86.